The fourth-order valence-corrected chi connectivity index (χ4v) is 3.19. The Morgan fingerprint density at radius 1 is 1.00 bits per heavy atom. The lowest BCUT2D eigenvalue weighted by atomic mass is 10.1. The molecule has 1 aromatic carbocycles. The summed E-state index contributed by atoms with van der Waals surface area (Å²) < 4.78 is 7.63. The molecule has 0 spiro atoms. The van der Waals surface area contributed by atoms with Crippen LogP contribution in [0.2, 0.25) is 0 Å². The predicted octanol–water partition coefficient (Wildman–Crippen LogP) is 1.17. The molecule has 1 fully saturated rings. The molecule has 0 bridgehead atoms. The van der Waals surface area contributed by atoms with Crippen LogP contribution in [0.15, 0.2) is 58.1 Å². The van der Waals surface area contributed by atoms with E-state index in [0.717, 1.165) is 29.8 Å². The van der Waals surface area contributed by atoms with Gasteiger partial charge in [-0.3, -0.25) is 14.4 Å². The minimum atomic E-state index is -0.345. The Balaban J connectivity index is 1.37. The first kappa shape index (κ1) is 20.5. The summed E-state index contributed by atoms with van der Waals surface area (Å²) >= 11 is 0. The average Bonchev–Trinajstić information content (AvgIpc) is 3.62. The quantitative estimate of drug-likeness (QED) is 0.585. The van der Waals surface area contributed by atoms with Crippen molar-refractivity contribution in [2.75, 3.05) is 13.7 Å². The number of carbonyl (C=O) groups excluding carboxylic acids is 1. The molecule has 9 nitrogen and oxygen atoms in total. The molecule has 1 N–H and O–H groups in total. The van der Waals surface area contributed by atoms with Gasteiger partial charge in [-0.15, -0.1) is 0 Å². The van der Waals surface area contributed by atoms with Gasteiger partial charge in [-0.25, -0.2) is 9.36 Å². The Bertz CT molecular complexity index is 1200. The van der Waals surface area contributed by atoms with Crippen LogP contribution in [-0.4, -0.2) is 39.1 Å². The summed E-state index contributed by atoms with van der Waals surface area (Å²) in [5.74, 6) is 0.781. The second-order valence-electron chi connectivity index (χ2n) is 7.39. The van der Waals surface area contributed by atoms with E-state index in [1.807, 2.05) is 24.3 Å². The number of methoxy groups -OCH3 is 1. The molecule has 1 aliphatic carbocycles. The van der Waals surface area contributed by atoms with Crippen molar-refractivity contribution in [1.29, 1.82) is 0 Å². The number of nitrogens with one attached hydrogen (secondary N) is 1. The van der Waals surface area contributed by atoms with Crippen molar-refractivity contribution in [3.63, 3.8) is 0 Å². The van der Waals surface area contributed by atoms with E-state index in [0.29, 0.717) is 11.6 Å². The number of carbonyl (C=O) groups is 1. The zero-order valence-corrected chi connectivity index (χ0v) is 17.2. The van der Waals surface area contributed by atoms with Crippen molar-refractivity contribution in [2.24, 2.45) is 0 Å². The minimum absolute atomic E-state index is 0.159. The van der Waals surface area contributed by atoms with Crippen LogP contribution < -0.4 is 21.2 Å². The summed E-state index contributed by atoms with van der Waals surface area (Å²) in [4.78, 5) is 36.3. The van der Waals surface area contributed by atoms with Crippen molar-refractivity contribution in [2.45, 2.75) is 31.8 Å². The zero-order valence-electron chi connectivity index (χ0n) is 17.2. The standard InChI is InChI=1S/C22H23N5O4/c1-31-17-6-4-16(5-7-17)18-8-10-21(29)26(24-18)13-12-23-20(28)14-27-22(30)11-9-19(25-27)15-2-3-15/h4-11,15H,2-3,12-14H2,1H3,(H,23,28). The van der Waals surface area contributed by atoms with Crippen LogP contribution in [0.25, 0.3) is 11.3 Å². The second-order valence-corrected chi connectivity index (χ2v) is 7.39. The summed E-state index contributed by atoms with van der Waals surface area (Å²) in [6.07, 6.45) is 2.13. The average molecular weight is 421 g/mol. The highest BCUT2D eigenvalue weighted by atomic mass is 16.5. The maximum Gasteiger partial charge on any atom is 0.267 e. The van der Waals surface area contributed by atoms with Crippen molar-refractivity contribution in [1.82, 2.24) is 24.9 Å². The molecule has 1 aliphatic rings. The summed E-state index contributed by atoms with van der Waals surface area (Å²) in [5.41, 5.74) is 1.76. The molecule has 1 saturated carbocycles. The summed E-state index contributed by atoms with van der Waals surface area (Å²) in [5, 5.41) is 11.4. The number of aromatic nitrogens is 4. The highest BCUT2D eigenvalue weighted by Crippen LogP contribution is 2.38. The van der Waals surface area contributed by atoms with E-state index in [2.05, 4.69) is 15.5 Å². The van der Waals surface area contributed by atoms with Crippen molar-refractivity contribution in [3.8, 4) is 17.0 Å². The van der Waals surface area contributed by atoms with Gasteiger partial charge in [0.25, 0.3) is 11.1 Å². The van der Waals surface area contributed by atoms with Crippen molar-refractivity contribution >= 4 is 5.91 Å². The molecule has 0 unspecified atom stereocenters. The lowest BCUT2D eigenvalue weighted by Gasteiger charge is -2.10. The highest BCUT2D eigenvalue weighted by Gasteiger charge is 2.25. The first-order valence-electron chi connectivity index (χ1n) is 10.1. The van der Waals surface area contributed by atoms with Gasteiger partial charge >= 0.3 is 0 Å². The third kappa shape index (κ3) is 5.06. The third-order valence-corrected chi connectivity index (χ3v) is 5.07. The fraction of sp³-hybridized carbons (Fsp3) is 0.318. The monoisotopic (exact) mass is 421 g/mol. The lowest BCUT2D eigenvalue weighted by Crippen LogP contribution is -2.36. The number of rotatable bonds is 8. The Morgan fingerprint density at radius 3 is 2.42 bits per heavy atom. The molecule has 2 heterocycles. The van der Waals surface area contributed by atoms with Gasteiger partial charge in [0, 0.05) is 30.2 Å². The first-order valence-corrected chi connectivity index (χ1v) is 10.1. The fourth-order valence-electron chi connectivity index (χ4n) is 3.19. The van der Waals surface area contributed by atoms with E-state index in [1.165, 1.54) is 21.5 Å². The number of hydrogen-bond donors (Lipinski definition) is 1. The van der Waals surface area contributed by atoms with Gasteiger partial charge in [0.15, 0.2) is 0 Å². The third-order valence-electron chi connectivity index (χ3n) is 5.07. The summed E-state index contributed by atoms with van der Waals surface area (Å²) in [6, 6.07) is 13.6. The first-order chi connectivity index (χ1) is 15.0. The van der Waals surface area contributed by atoms with Gasteiger partial charge in [0.2, 0.25) is 5.91 Å². The zero-order chi connectivity index (χ0) is 21.8. The van der Waals surface area contributed by atoms with E-state index in [9.17, 15) is 14.4 Å². The molecule has 0 saturated heterocycles. The molecule has 0 atom stereocenters. The molecule has 4 rings (SSSR count). The van der Waals surface area contributed by atoms with Crippen LogP contribution in [0.5, 0.6) is 5.75 Å². The summed E-state index contributed by atoms with van der Waals surface area (Å²) in [7, 11) is 1.60. The van der Waals surface area contributed by atoms with Gasteiger partial charge in [0.05, 0.1) is 25.0 Å². The van der Waals surface area contributed by atoms with Gasteiger partial charge in [-0.05, 0) is 49.2 Å². The number of amides is 1. The van der Waals surface area contributed by atoms with Gasteiger partial charge in [-0.1, -0.05) is 0 Å². The maximum atomic E-state index is 12.3. The molecule has 31 heavy (non-hydrogen) atoms. The number of ether oxygens (including phenoxy) is 1. The van der Waals surface area contributed by atoms with Crippen LogP contribution in [0.1, 0.15) is 24.5 Å². The Hall–Kier alpha value is -3.75. The van der Waals surface area contributed by atoms with E-state index in [1.54, 1.807) is 19.2 Å². The van der Waals surface area contributed by atoms with Gasteiger partial charge < -0.3 is 10.1 Å². The van der Waals surface area contributed by atoms with Crippen molar-refractivity contribution in [3.05, 3.63) is 74.9 Å². The lowest BCUT2D eigenvalue weighted by molar-refractivity contribution is -0.121. The normalized spacial score (nSPS) is 13.1. The molecular formula is C22H23N5O4. The van der Waals surface area contributed by atoms with E-state index in [4.69, 9.17) is 4.74 Å². The van der Waals surface area contributed by atoms with Crippen molar-refractivity contribution < 1.29 is 9.53 Å². The molecule has 0 radical (unpaired) electrons. The van der Waals surface area contributed by atoms with Crippen LogP contribution in [0, 0.1) is 0 Å². The maximum absolute atomic E-state index is 12.3. The number of benzene rings is 1. The molecule has 3 aromatic rings. The predicted molar refractivity (Wildman–Crippen MR) is 114 cm³/mol. The van der Waals surface area contributed by atoms with Gasteiger partial charge in [0.1, 0.15) is 12.3 Å². The Kier molecular flexibility index (Phi) is 5.92. The Morgan fingerprint density at radius 2 is 1.71 bits per heavy atom. The highest BCUT2D eigenvalue weighted by molar-refractivity contribution is 5.75. The number of hydrogen-bond acceptors (Lipinski definition) is 6. The second kappa shape index (κ2) is 8.95. The van der Waals surface area contributed by atoms with E-state index < -0.39 is 0 Å². The van der Waals surface area contributed by atoms with Crippen LogP contribution in [0.3, 0.4) is 0 Å². The smallest absolute Gasteiger partial charge is 0.267 e. The number of nitrogens with zero attached hydrogens (tertiary/aromatic N) is 4. The topological polar surface area (TPSA) is 108 Å². The van der Waals surface area contributed by atoms with Crippen LogP contribution in [-0.2, 0) is 17.9 Å². The molecular weight excluding hydrogens is 398 g/mol. The van der Waals surface area contributed by atoms with Gasteiger partial charge in [-0.2, -0.15) is 10.2 Å². The largest absolute Gasteiger partial charge is 0.497 e. The minimum Gasteiger partial charge on any atom is -0.497 e. The molecule has 2 aromatic heterocycles. The van der Waals surface area contributed by atoms with Crippen LogP contribution in [0.4, 0.5) is 0 Å². The molecule has 9 heteroatoms. The van der Waals surface area contributed by atoms with E-state index >= 15 is 0 Å². The SMILES string of the molecule is COc1ccc(-c2ccc(=O)n(CCNC(=O)Cn3nc(C4CC4)ccc3=O)n2)cc1. The summed E-state index contributed by atoms with van der Waals surface area (Å²) in [6.45, 7) is 0.251. The van der Waals surface area contributed by atoms with Crippen LogP contribution >= 0.6 is 0 Å². The Labute approximate surface area is 178 Å². The molecule has 0 aliphatic heterocycles. The molecule has 160 valence electrons. The molecule has 1 amide bonds. The van der Waals surface area contributed by atoms with E-state index in [-0.39, 0.29) is 36.7 Å².